The molecule has 0 aromatic heterocycles. The summed E-state index contributed by atoms with van der Waals surface area (Å²) in [5.41, 5.74) is 3.08. The smallest absolute Gasteiger partial charge is 0.251 e. The van der Waals surface area contributed by atoms with E-state index in [1.54, 1.807) is 6.07 Å². The van der Waals surface area contributed by atoms with Gasteiger partial charge in [-0.25, -0.2) is 0 Å². The highest BCUT2D eigenvalue weighted by molar-refractivity contribution is 5.96. The third-order valence-electron chi connectivity index (χ3n) is 6.23. The molecule has 210 valence electrons. The summed E-state index contributed by atoms with van der Waals surface area (Å²) >= 11 is 0. The Kier molecular flexibility index (Phi) is 11.2. The fraction of sp³-hybridized carbons (Fsp3) is 0.333. The van der Waals surface area contributed by atoms with Gasteiger partial charge < -0.3 is 16.0 Å². The summed E-state index contributed by atoms with van der Waals surface area (Å²) in [5.74, 6) is -1.05. The third-order valence-corrected chi connectivity index (χ3v) is 6.23. The normalized spacial score (nSPS) is 11.8. The van der Waals surface area contributed by atoms with Crippen molar-refractivity contribution in [2.45, 2.75) is 64.5 Å². The number of benzene rings is 3. The van der Waals surface area contributed by atoms with Gasteiger partial charge in [0.05, 0.1) is 12.5 Å². The van der Waals surface area contributed by atoms with Crippen LogP contribution in [0.3, 0.4) is 0 Å². The van der Waals surface area contributed by atoms with Gasteiger partial charge in [-0.3, -0.25) is 19.2 Å². The molecule has 40 heavy (non-hydrogen) atoms. The zero-order chi connectivity index (χ0) is 29.0. The Bertz CT molecular complexity index is 1280. The molecule has 0 radical (unpaired) electrons. The van der Waals surface area contributed by atoms with Crippen molar-refractivity contribution in [3.63, 3.8) is 0 Å². The molecule has 3 N–H and O–H groups in total. The molecule has 3 aromatic rings. The van der Waals surface area contributed by atoms with Crippen molar-refractivity contribution in [1.29, 1.82) is 0 Å². The van der Waals surface area contributed by atoms with E-state index in [1.807, 2.05) is 99.6 Å². The van der Waals surface area contributed by atoms with Crippen molar-refractivity contribution >= 4 is 23.5 Å². The van der Waals surface area contributed by atoms with E-state index in [1.165, 1.54) is 0 Å². The van der Waals surface area contributed by atoms with Crippen molar-refractivity contribution in [3.8, 4) is 11.1 Å². The van der Waals surface area contributed by atoms with Crippen molar-refractivity contribution < 1.29 is 19.2 Å². The highest BCUT2D eigenvalue weighted by atomic mass is 16.2. The molecule has 0 unspecified atom stereocenters. The summed E-state index contributed by atoms with van der Waals surface area (Å²) in [7, 11) is 0. The van der Waals surface area contributed by atoms with Gasteiger partial charge in [-0.1, -0.05) is 72.8 Å². The summed E-state index contributed by atoms with van der Waals surface area (Å²) in [6.07, 6.45) is 1.13. The molecular formula is C33H39N3O4. The van der Waals surface area contributed by atoms with Crippen LogP contribution in [0.25, 0.3) is 11.1 Å². The number of amides is 3. The first-order valence-electron chi connectivity index (χ1n) is 13.7. The van der Waals surface area contributed by atoms with E-state index in [9.17, 15) is 19.2 Å². The Morgan fingerprint density at radius 2 is 1.40 bits per heavy atom. The van der Waals surface area contributed by atoms with Crippen LogP contribution in [-0.2, 0) is 20.8 Å². The first-order valence-corrected chi connectivity index (χ1v) is 13.7. The van der Waals surface area contributed by atoms with E-state index < -0.39 is 11.6 Å². The molecule has 0 aliphatic heterocycles. The van der Waals surface area contributed by atoms with Crippen LogP contribution in [0.2, 0.25) is 0 Å². The molecule has 0 aliphatic rings. The minimum Gasteiger partial charge on any atom is -0.352 e. The van der Waals surface area contributed by atoms with Gasteiger partial charge in [0.1, 0.15) is 0 Å². The van der Waals surface area contributed by atoms with Gasteiger partial charge in [0.15, 0.2) is 5.78 Å². The number of ketones is 1. The molecular weight excluding hydrogens is 502 g/mol. The highest BCUT2D eigenvalue weighted by Gasteiger charge is 2.25. The zero-order valence-corrected chi connectivity index (χ0v) is 23.5. The first kappa shape index (κ1) is 30.3. The van der Waals surface area contributed by atoms with E-state index in [0.717, 1.165) is 16.7 Å². The zero-order valence-electron chi connectivity index (χ0n) is 23.5. The van der Waals surface area contributed by atoms with Crippen LogP contribution in [0.15, 0.2) is 84.9 Å². The van der Waals surface area contributed by atoms with Crippen LogP contribution in [0, 0.1) is 0 Å². The number of hydrogen-bond donors (Lipinski definition) is 3. The number of carbonyl (C=O) groups excluding carboxylic acids is 4. The Hall–Kier alpha value is -4.26. The molecule has 3 aromatic carbocycles. The van der Waals surface area contributed by atoms with Gasteiger partial charge in [-0.2, -0.15) is 0 Å². The number of rotatable bonds is 13. The predicted molar refractivity (Wildman–Crippen MR) is 158 cm³/mol. The minimum absolute atomic E-state index is 0.122. The first-order chi connectivity index (χ1) is 19.1. The molecule has 0 bridgehead atoms. The number of carbonyl (C=O) groups is 4. The molecule has 1 atom stereocenters. The SMILES string of the molecule is CC(C)(C)NC(=O)C[C@H](NC(=O)CCc1ccccc1)C(=O)CCCNC(=O)c1cccc(-c2ccccc2)c1. The molecule has 7 nitrogen and oxygen atoms in total. The largest absolute Gasteiger partial charge is 0.352 e. The van der Waals surface area contributed by atoms with Gasteiger partial charge in [0.25, 0.3) is 5.91 Å². The number of aryl methyl sites for hydroxylation is 1. The summed E-state index contributed by atoms with van der Waals surface area (Å²) in [4.78, 5) is 51.0. The van der Waals surface area contributed by atoms with E-state index >= 15 is 0 Å². The highest BCUT2D eigenvalue weighted by Crippen LogP contribution is 2.20. The second-order valence-electron chi connectivity index (χ2n) is 10.9. The van der Waals surface area contributed by atoms with Crippen molar-refractivity contribution in [3.05, 3.63) is 96.1 Å². The Labute approximate surface area is 236 Å². The average Bonchev–Trinajstić information content (AvgIpc) is 2.93. The summed E-state index contributed by atoms with van der Waals surface area (Å²) in [5, 5.41) is 8.48. The minimum atomic E-state index is -0.927. The van der Waals surface area contributed by atoms with Crippen molar-refractivity contribution in [1.82, 2.24) is 16.0 Å². The van der Waals surface area contributed by atoms with E-state index in [-0.39, 0.29) is 42.8 Å². The molecule has 0 saturated heterocycles. The number of Topliss-reactive ketones (excluding diaryl/α,β-unsaturated/α-hetero) is 1. The fourth-order valence-electron chi connectivity index (χ4n) is 4.28. The molecule has 3 amide bonds. The average molecular weight is 542 g/mol. The van der Waals surface area contributed by atoms with Crippen LogP contribution in [0.1, 0.15) is 62.4 Å². The summed E-state index contributed by atoms with van der Waals surface area (Å²) in [6, 6.07) is 25.9. The topological polar surface area (TPSA) is 104 Å². The number of hydrogen-bond acceptors (Lipinski definition) is 4. The Morgan fingerprint density at radius 1 is 0.750 bits per heavy atom. The third kappa shape index (κ3) is 10.5. The second-order valence-corrected chi connectivity index (χ2v) is 10.9. The van der Waals surface area contributed by atoms with E-state index in [2.05, 4.69) is 16.0 Å². The molecule has 0 fully saturated rings. The van der Waals surface area contributed by atoms with E-state index in [0.29, 0.717) is 24.9 Å². The van der Waals surface area contributed by atoms with Gasteiger partial charge >= 0.3 is 0 Å². The lowest BCUT2D eigenvalue weighted by Crippen LogP contribution is -2.47. The van der Waals surface area contributed by atoms with Gasteiger partial charge in [0, 0.05) is 30.5 Å². The Balaban J connectivity index is 1.52. The summed E-state index contributed by atoms with van der Waals surface area (Å²) < 4.78 is 0. The van der Waals surface area contributed by atoms with Crippen molar-refractivity contribution in [2.75, 3.05) is 6.54 Å². The molecule has 7 heteroatoms. The molecule has 0 aliphatic carbocycles. The number of nitrogens with one attached hydrogen (secondary N) is 3. The van der Waals surface area contributed by atoms with Crippen LogP contribution in [0.4, 0.5) is 0 Å². The van der Waals surface area contributed by atoms with Gasteiger partial charge in [-0.15, -0.1) is 0 Å². The van der Waals surface area contributed by atoms with Gasteiger partial charge in [-0.05, 0) is 62.4 Å². The maximum atomic E-state index is 13.1. The Morgan fingerprint density at radius 3 is 2.08 bits per heavy atom. The quantitative estimate of drug-likeness (QED) is 0.269. The van der Waals surface area contributed by atoms with Crippen LogP contribution >= 0.6 is 0 Å². The maximum Gasteiger partial charge on any atom is 0.251 e. The maximum absolute atomic E-state index is 13.1. The van der Waals surface area contributed by atoms with Crippen LogP contribution in [0.5, 0.6) is 0 Å². The predicted octanol–water partition coefficient (Wildman–Crippen LogP) is 4.86. The fourth-order valence-corrected chi connectivity index (χ4v) is 4.28. The monoisotopic (exact) mass is 541 g/mol. The molecule has 0 saturated carbocycles. The van der Waals surface area contributed by atoms with Crippen LogP contribution in [-0.4, -0.2) is 41.6 Å². The summed E-state index contributed by atoms with van der Waals surface area (Å²) in [6.45, 7) is 5.87. The van der Waals surface area contributed by atoms with E-state index in [4.69, 9.17) is 0 Å². The lowest BCUT2D eigenvalue weighted by atomic mass is 10.0. The van der Waals surface area contributed by atoms with Gasteiger partial charge in [0.2, 0.25) is 11.8 Å². The molecule has 3 rings (SSSR count). The lowest BCUT2D eigenvalue weighted by Gasteiger charge is -2.23. The standard InChI is InChI=1S/C33H39N3O4/c1-33(2,3)36-31(39)23-28(35-30(38)20-19-24-12-6-4-7-13-24)29(37)18-11-21-34-32(40)27-17-10-16-26(22-27)25-14-8-5-9-15-25/h4-10,12-17,22,28H,11,18-21,23H2,1-3H3,(H,34,40)(H,35,38)(H,36,39)/t28-/m0/s1. The van der Waals surface area contributed by atoms with Crippen molar-refractivity contribution in [2.24, 2.45) is 0 Å². The molecule has 0 spiro atoms. The lowest BCUT2D eigenvalue weighted by molar-refractivity contribution is -0.131. The second kappa shape index (κ2) is 14.8. The molecule has 0 heterocycles. The van der Waals surface area contributed by atoms with Crippen LogP contribution < -0.4 is 16.0 Å².